The third-order valence-corrected chi connectivity index (χ3v) is 5.46. The van der Waals surface area contributed by atoms with Crippen LogP contribution in [0.1, 0.15) is 19.8 Å². The Hall–Kier alpha value is -1.22. The number of nitrogens with zero attached hydrogens (tertiary/aromatic N) is 4. The minimum atomic E-state index is 0. The van der Waals surface area contributed by atoms with Crippen LogP contribution in [0, 0.1) is 0 Å². The number of anilines is 1. The number of aliphatic imine (C=N–C) groups is 1. The van der Waals surface area contributed by atoms with Gasteiger partial charge in [0, 0.05) is 38.8 Å². The Morgan fingerprint density at radius 2 is 1.93 bits per heavy atom. The molecule has 0 spiro atoms. The summed E-state index contributed by atoms with van der Waals surface area (Å²) in [7, 11) is 3.96. The predicted octanol–water partition coefficient (Wildman–Crippen LogP) is 2.49. The second-order valence-corrected chi connectivity index (χ2v) is 7.12. The van der Waals surface area contributed by atoms with Crippen LogP contribution >= 0.6 is 24.0 Å². The van der Waals surface area contributed by atoms with Crippen LogP contribution in [0.15, 0.2) is 29.3 Å². The molecule has 0 bridgehead atoms. The molecule has 2 fully saturated rings. The minimum absolute atomic E-state index is 0. The highest BCUT2D eigenvalue weighted by Crippen LogP contribution is 2.28. The summed E-state index contributed by atoms with van der Waals surface area (Å²) in [6.07, 6.45) is 2.56. The molecule has 3 rings (SSSR count). The molecule has 7 heteroatoms. The second kappa shape index (κ2) is 10.9. The fourth-order valence-electron chi connectivity index (χ4n) is 3.88. The lowest BCUT2D eigenvalue weighted by molar-refractivity contribution is 0.314. The molecular weight excluding hydrogens is 453 g/mol. The van der Waals surface area contributed by atoms with Crippen molar-refractivity contribution in [2.24, 2.45) is 4.99 Å². The molecule has 1 aromatic carbocycles. The van der Waals surface area contributed by atoms with Gasteiger partial charge in [-0.1, -0.05) is 12.1 Å². The zero-order valence-corrected chi connectivity index (χ0v) is 19.2. The van der Waals surface area contributed by atoms with Gasteiger partial charge in [0.1, 0.15) is 5.75 Å². The molecule has 2 aliphatic rings. The van der Waals surface area contributed by atoms with Crippen LogP contribution in [0.4, 0.5) is 5.69 Å². The molecule has 2 saturated heterocycles. The number of piperazine rings is 1. The van der Waals surface area contributed by atoms with E-state index in [0.29, 0.717) is 6.04 Å². The summed E-state index contributed by atoms with van der Waals surface area (Å²) in [5.74, 6) is 2.01. The largest absolute Gasteiger partial charge is 0.495 e. The van der Waals surface area contributed by atoms with Crippen molar-refractivity contribution in [1.29, 1.82) is 0 Å². The molecule has 0 aliphatic carbocycles. The third-order valence-electron chi connectivity index (χ3n) is 5.46. The highest BCUT2D eigenvalue weighted by atomic mass is 127. The average Bonchev–Trinajstić information content (AvgIpc) is 3.10. The smallest absolute Gasteiger partial charge is 0.194 e. The summed E-state index contributed by atoms with van der Waals surface area (Å²) < 4.78 is 5.52. The molecule has 1 aromatic rings. The molecule has 2 aliphatic heterocycles. The lowest BCUT2D eigenvalue weighted by Gasteiger charge is -2.38. The number of methoxy groups -OCH3 is 1. The lowest BCUT2D eigenvalue weighted by Crippen LogP contribution is -2.52. The third kappa shape index (κ3) is 5.63. The number of halogens is 1. The van der Waals surface area contributed by atoms with Crippen molar-refractivity contribution < 1.29 is 4.74 Å². The number of nitrogens with one attached hydrogen (secondary N) is 1. The van der Waals surface area contributed by atoms with Gasteiger partial charge in [-0.2, -0.15) is 0 Å². The summed E-state index contributed by atoms with van der Waals surface area (Å²) in [5.41, 5.74) is 1.18. The van der Waals surface area contributed by atoms with Gasteiger partial charge in [0.25, 0.3) is 0 Å². The Bertz CT molecular complexity index is 604. The van der Waals surface area contributed by atoms with E-state index in [2.05, 4.69) is 46.1 Å². The quantitative estimate of drug-likeness (QED) is 0.393. The van der Waals surface area contributed by atoms with E-state index in [9.17, 15) is 0 Å². The minimum Gasteiger partial charge on any atom is -0.495 e. The highest BCUT2D eigenvalue weighted by Gasteiger charge is 2.23. The van der Waals surface area contributed by atoms with Crippen LogP contribution in [0.5, 0.6) is 5.75 Å². The maximum atomic E-state index is 5.52. The SMILES string of the molecule is CCNC(=NCC1CCCN1C)N1CCN(c2ccccc2OC)CC1.I. The molecule has 27 heavy (non-hydrogen) atoms. The highest BCUT2D eigenvalue weighted by molar-refractivity contribution is 14.0. The summed E-state index contributed by atoms with van der Waals surface area (Å²) in [6.45, 7) is 9.06. The van der Waals surface area contributed by atoms with Gasteiger partial charge in [-0.3, -0.25) is 4.99 Å². The first-order valence-electron chi connectivity index (χ1n) is 9.84. The van der Waals surface area contributed by atoms with Crippen molar-refractivity contribution in [3.8, 4) is 5.75 Å². The number of hydrogen-bond donors (Lipinski definition) is 1. The van der Waals surface area contributed by atoms with E-state index in [1.54, 1.807) is 7.11 Å². The first-order chi connectivity index (χ1) is 12.7. The van der Waals surface area contributed by atoms with Crippen LogP contribution in [-0.2, 0) is 0 Å². The zero-order chi connectivity index (χ0) is 18.4. The Balaban J connectivity index is 0.00000261. The standard InChI is InChI=1S/C20H33N5O.HI/c1-4-21-20(22-16-17-8-7-11-23(17)2)25-14-12-24(13-15-25)18-9-5-6-10-19(18)26-3;/h5-6,9-10,17H,4,7-8,11-16H2,1-3H3,(H,21,22);1H. The number of benzene rings is 1. The van der Waals surface area contributed by atoms with E-state index >= 15 is 0 Å². The van der Waals surface area contributed by atoms with Gasteiger partial charge in [0.15, 0.2) is 5.96 Å². The van der Waals surface area contributed by atoms with Crippen molar-refractivity contribution in [1.82, 2.24) is 15.1 Å². The summed E-state index contributed by atoms with van der Waals surface area (Å²) >= 11 is 0. The first-order valence-corrected chi connectivity index (χ1v) is 9.84. The number of likely N-dealkylation sites (N-methyl/N-ethyl adjacent to an activating group) is 1. The predicted molar refractivity (Wildman–Crippen MR) is 124 cm³/mol. The number of ether oxygens (including phenoxy) is 1. The van der Waals surface area contributed by atoms with Crippen LogP contribution in [0.3, 0.4) is 0 Å². The van der Waals surface area contributed by atoms with Gasteiger partial charge in [-0.25, -0.2) is 0 Å². The maximum Gasteiger partial charge on any atom is 0.194 e. The van der Waals surface area contributed by atoms with E-state index < -0.39 is 0 Å². The monoisotopic (exact) mass is 487 g/mol. The Kier molecular flexibility index (Phi) is 8.95. The second-order valence-electron chi connectivity index (χ2n) is 7.12. The molecular formula is C20H34IN5O. The van der Waals surface area contributed by atoms with Crippen LogP contribution in [0.25, 0.3) is 0 Å². The van der Waals surface area contributed by atoms with Crippen molar-refractivity contribution in [2.75, 3.05) is 64.9 Å². The summed E-state index contributed by atoms with van der Waals surface area (Å²) in [6, 6.07) is 8.87. The molecule has 2 heterocycles. The van der Waals surface area contributed by atoms with Crippen molar-refractivity contribution >= 4 is 35.6 Å². The van der Waals surface area contributed by atoms with E-state index in [4.69, 9.17) is 9.73 Å². The number of likely N-dealkylation sites (tertiary alicyclic amines) is 1. The Labute approximate surface area is 181 Å². The number of rotatable bonds is 5. The van der Waals surface area contributed by atoms with E-state index in [0.717, 1.165) is 51.0 Å². The molecule has 0 saturated carbocycles. The number of hydrogen-bond acceptors (Lipinski definition) is 4. The molecule has 0 amide bonds. The molecule has 0 aromatic heterocycles. The summed E-state index contributed by atoms with van der Waals surface area (Å²) in [5, 5.41) is 3.48. The lowest BCUT2D eigenvalue weighted by atomic mass is 10.2. The molecule has 1 N–H and O–H groups in total. The first kappa shape index (κ1) is 22.1. The fourth-order valence-corrected chi connectivity index (χ4v) is 3.88. The average molecular weight is 487 g/mol. The number of para-hydroxylation sites is 2. The van der Waals surface area contributed by atoms with Gasteiger partial charge >= 0.3 is 0 Å². The van der Waals surface area contributed by atoms with Crippen LogP contribution in [0.2, 0.25) is 0 Å². The van der Waals surface area contributed by atoms with E-state index in [-0.39, 0.29) is 24.0 Å². The Morgan fingerprint density at radius 3 is 2.56 bits per heavy atom. The van der Waals surface area contributed by atoms with Crippen LogP contribution in [-0.4, -0.2) is 81.8 Å². The van der Waals surface area contributed by atoms with Gasteiger partial charge in [-0.05, 0) is 45.5 Å². The maximum absolute atomic E-state index is 5.52. The summed E-state index contributed by atoms with van der Waals surface area (Å²) in [4.78, 5) is 12.2. The van der Waals surface area contributed by atoms with Gasteiger partial charge < -0.3 is 24.8 Å². The van der Waals surface area contributed by atoms with Crippen LogP contribution < -0.4 is 15.0 Å². The van der Waals surface area contributed by atoms with E-state index in [1.165, 1.54) is 25.1 Å². The van der Waals surface area contributed by atoms with Crippen molar-refractivity contribution in [3.05, 3.63) is 24.3 Å². The van der Waals surface area contributed by atoms with Gasteiger partial charge in [0.2, 0.25) is 0 Å². The van der Waals surface area contributed by atoms with Gasteiger partial charge in [0.05, 0.1) is 19.3 Å². The topological polar surface area (TPSA) is 43.3 Å². The van der Waals surface area contributed by atoms with Crippen molar-refractivity contribution in [2.45, 2.75) is 25.8 Å². The molecule has 1 unspecified atom stereocenters. The zero-order valence-electron chi connectivity index (χ0n) is 16.9. The fraction of sp³-hybridized carbons (Fsp3) is 0.650. The van der Waals surface area contributed by atoms with Crippen molar-refractivity contribution in [3.63, 3.8) is 0 Å². The number of guanidine groups is 1. The molecule has 1 atom stereocenters. The normalized spacial score (nSPS) is 21.1. The molecule has 152 valence electrons. The molecule has 6 nitrogen and oxygen atoms in total. The van der Waals surface area contributed by atoms with E-state index in [1.807, 2.05) is 12.1 Å². The van der Waals surface area contributed by atoms with Gasteiger partial charge in [-0.15, -0.1) is 24.0 Å². The Morgan fingerprint density at radius 1 is 1.19 bits per heavy atom. The molecule has 0 radical (unpaired) electrons.